The van der Waals surface area contributed by atoms with E-state index in [2.05, 4.69) is 49.2 Å². The molecular formula is C22H24Cl3N3O. The Morgan fingerprint density at radius 3 is 2.62 bits per heavy atom. The van der Waals surface area contributed by atoms with Crippen molar-refractivity contribution in [3.8, 4) is 0 Å². The largest absolute Gasteiger partial charge is 0.366 e. The molecule has 1 unspecified atom stereocenters. The molecule has 0 aromatic heterocycles. The number of nitrogens with one attached hydrogen (secondary N) is 1. The van der Waals surface area contributed by atoms with Crippen LogP contribution in [0.15, 0.2) is 35.4 Å². The van der Waals surface area contributed by atoms with Crippen LogP contribution in [0.4, 0.5) is 5.69 Å². The number of benzene rings is 2. The molecule has 0 fully saturated rings. The van der Waals surface area contributed by atoms with Gasteiger partial charge >= 0.3 is 0 Å². The van der Waals surface area contributed by atoms with E-state index in [1.165, 1.54) is 11.6 Å². The summed E-state index contributed by atoms with van der Waals surface area (Å²) in [5, 5.41) is 5.40. The lowest BCUT2D eigenvalue weighted by atomic mass is 9.79. The van der Waals surface area contributed by atoms with E-state index in [0.717, 1.165) is 24.2 Å². The van der Waals surface area contributed by atoms with Crippen LogP contribution in [0.1, 0.15) is 61.5 Å². The monoisotopic (exact) mass is 451 g/mol. The van der Waals surface area contributed by atoms with Gasteiger partial charge in [-0.2, -0.15) is 5.10 Å². The van der Waals surface area contributed by atoms with E-state index in [0.29, 0.717) is 21.5 Å². The van der Waals surface area contributed by atoms with E-state index in [-0.39, 0.29) is 10.6 Å². The Morgan fingerprint density at radius 2 is 1.97 bits per heavy atom. The third kappa shape index (κ3) is 4.55. The van der Waals surface area contributed by atoms with Crippen LogP contribution >= 0.6 is 34.8 Å². The summed E-state index contributed by atoms with van der Waals surface area (Å²) < 4.78 is 0. The van der Waals surface area contributed by atoms with Gasteiger partial charge in [0.05, 0.1) is 21.8 Å². The van der Waals surface area contributed by atoms with Crippen LogP contribution in [0, 0.1) is 0 Å². The smallest absolute Gasteiger partial charge is 0.272 e. The van der Waals surface area contributed by atoms with Gasteiger partial charge in [0.25, 0.3) is 5.91 Å². The average molecular weight is 453 g/mol. The van der Waals surface area contributed by atoms with Gasteiger partial charge in [-0.15, -0.1) is 0 Å². The van der Waals surface area contributed by atoms with E-state index < -0.39 is 5.91 Å². The summed E-state index contributed by atoms with van der Waals surface area (Å²) in [6.45, 7) is 9.82. The van der Waals surface area contributed by atoms with Gasteiger partial charge in [-0.1, -0.05) is 41.7 Å². The fourth-order valence-electron chi connectivity index (χ4n) is 4.11. The predicted molar refractivity (Wildman–Crippen MR) is 123 cm³/mol. The number of anilines is 1. The number of rotatable bonds is 4. The van der Waals surface area contributed by atoms with Gasteiger partial charge in [0.2, 0.25) is 0 Å². The van der Waals surface area contributed by atoms with Gasteiger partial charge in [-0.3, -0.25) is 4.79 Å². The maximum Gasteiger partial charge on any atom is 0.272 e. The van der Waals surface area contributed by atoms with Crippen molar-refractivity contribution in [2.45, 2.75) is 45.6 Å². The Balaban J connectivity index is 1.83. The fourth-order valence-corrected chi connectivity index (χ4v) is 4.81. The number of halogens is 3. The number of hydrazone groups is 1. The molecule has 0 saturated heterocycles. The second-order valence-electron chi connectivity index (χ2n) is 7.92. The van der Waals surface area contributed by atoms with Crippen molar-refractivity contribution in [2.24, 2.45) is 5.10 Å². The van der Waals surface area contributed by atoms with Gasteiger partial charge in [0, 0.05) is 28.4 Å². The molecule has 29 heavy (non-hydrogen) atoms. The molecule has 2 aromatic rings. The summed E-state index contributed by atoms with van der Waals surface area (Å²) >= 11 is 18.5. The first-order chi connectivity index (χ1) is 13.6. The lowest BCUT2D eigenvalue weighted by molar-refractivity contribution is 0.0955. The molecule has 4 nitrogen and oxygen atoms in total. The Morgan fingerprint density at radius 1 is 1.24 bits per heavy atom. The second-order valence-corrected chi connectivity index (χ2v) is 9.17. The number of hydrogen-bond acceptors (Lipinski definition) is 3. The van der Waals surface area contributed by atoms with E-state index in [1.54, 1.807) is 18.3 Å². The van der Waals surface area contributed by atoms with Gasteiger partial charge in [-0.05, 0) is 69.0 Å². The zero-order valence-electron chi connectivity index (χ0n) is 16.9. The predicted octanol–water partition coefficient (Wildman–Crippen LogP) is 6.52. The fraction of sp³-hybridized carbons (Fsp3) is 0.364. The molecule has 2 aromatic carbocycles. The van der Waals surface area contributed by atoms with Crippen molar-refractivity contribution >= 4 is 52.6 Å². The summed E-state index contributed by atoms with van der Waals surface area (Å²) in [6, 6.07) is 8.74. The first-order valence-electron chi connectivity index (χ1n) is 9.53. The molecule has 0 radical (unpaired) electrons. The van der Waals surface area contributed by atoms with Gasteiger partial charge in [-0.25, -0.2) is 5.43 Å². The molecule has 1 aliphatic heterocycles. The molecule has 1 atom stereocenters. The average Bonchev–Trinajstić information content (AvgIpc) is 2.62. The van der Waals surface area contributed by atoms with Crippen LogP contribution in [0.5, 0.6) is 0 Å². The van der Waals surface area contributed by atoms with E-state index in [1.807, 2.05) is 6.07 Å². The topological polar surface area (TPSA) is 44.7 Å². The minimum Gasteiger partial charge on any atom is -0.366 e. The molecule has 1 heterocycles. The first-order valence-corrected chi connectivity index (χ1v) is 10.7. The number of fused-ring (bicyclic) bond motifs is 1. The second kappa shape index (κ2) is 8.55. The van der Waals surface area contributed by atoms with Gasteiger partial charge in [0.1, 0.15) is 0 Å². The SMILES string of the molecule is CCN1c2cc(Cl)c(/C=N\NC(=O)c3ccc(Cl)cc3Cl)cc2C(C)CC1(C)C. The molecule has 1 amide bonds. The quantitative estimate of drug-likeness (QED) is 0.424. The molecule has 7 heteroatoms. The molecular weight excluding hydrogens is 429 g/mol. The van der Waals surface area contributed by atoms with Crippen molar-refractivity contribution in [1.82, 2.24) is 5.43 Å². The number of carbonyl (C=O) groups is 1. The van der Waals surface area contributed by atoms with E-state index in [9.17, 15) is 4.79 Å². The van der Waals surface area contributed by atoms with Crippen molar-refractivity contribution in [3.05, 3.63) is 62.1 Å². The summed E-state index contributed by atoms with van der Waals surface area (Å²) in [4.78, 5) is 14.7. The lowest BCUT2D eigenvalue weighted by Gasteiger charge is -2.47. The van der Waals surface area contributed by atoms with Crippen molar-refractivity contribution in [3.63, 3.8) is 0 Å². The maximum atomic E-state index is 12.3. The highest BCUT2D eigenvalue weighted by atomic mass is 35.5. The minimum absolute atomic E-state index is 0.0753. The van der Waals surface area contributed by atoms with Crippen LogP contribution in [0.25, 0.3) is 0 Å². The lowest BCUT2D eigenvalue weighted by Crippen LogP contribution is -2.48. The number of hydrogen-bond donors (Lipinski definition) is 1. The summed E-state index contributed by atoms with van der Waals surface area (Å²) in [7, 11) is 0. The highest BCUT2D eigenvalue weighted by Crippen LogP contribution is 2.44. The molecule has 0 saturated carbocycles. The summed E-state index contributed by atoms with van der Waals surface area (Å²) in [5.41, 5.74) is 6.04. The molecule has 0 bridgehead atoms. The molecule has 0 spiro atoms. The van der Waals surface area contributed by atoms with Crippen LogP contribution < -0.4 is 10.3 Å². The molecule has 3 rings (SSSR count). The van der Waals surface area contributed by atoms with Crippen LogP contribution in [-0.4, -0.2) is 24.2 Å². The minimum atomic E-state index is -0.413. The van der Waals surface area contributed by atoms with Crippen molar-refractivity contribution in [2.75, 3.05) is 11.4 Å². The highest BCUT2D eigenvalue weighted by Gasteiger charge is 2.35. The number of amides is 1. The number of carbonyl (C=O) groups excluding carboxylic acids is 1. The Labute approximate surface area is 186 Å². The summed E-state index contributed by atoms with van der Waals surface area (Å²) in [5.74, 6) is -0.0149. The third-order valence-electron chi connectivity index (χ3n) is 5.37. The van der Waals surface area contributed by atoms with E-state index in [4.69, 9.17) is 34.8 Å². The summed E-state index contributed by atoms with van der Waals surface area (Å²) in [6.07, 6.45) is 2.62. The van der Waals surface area contributed by atoms with Crippen LogP contribution in [0.3, 0.4) is 0 Å². The zero-order chi connectivity index (χ0) is 21.3. The van der Waals surface area contributed by atoms with E-state index >= 15 is 0 Å². The Kier molecular flexibility index (Phi) is 6.47. The third-order valence-corrected chi connectivity index (χ3v) is 6.24. The molecule has 0 aliphatic carbocycles. The van der Waals surface area contributed by atoms with Crippen molar-refractivity contribution in [1.29, 1.82) is 0 Å². The Hall–Kier alpha value is -1.75. The molecule has 1 aliphatic rings. The zero-order valence-corrected chi connectivity index (χ0v) is 19.2. The maximum absolute atomic E-state index is 12.3. The van der Waals surface area contributed by atoms with Crippen molar-refractivity contribution < 1.29 is 4.79 Å². The van der Waals surface area contributed by atoms with Crippen LogP contribution in [0.2, 0.25) is 15.1 Å². The normalized spacial score (nSPS) is 18.0. The first kappa shape index (κ1) is 21.9. The van der Waals surface area contributed by atoms with Crippen LogP contribution in [-0.2, 0) is 0 Å². The van der Waals surface area contributed by atoms with Gasteiger partial charge in [0.15, 0.2) is 0 Å². The highest BCUT2D eigenvalue weighted by molar-refractivity contribution is 6.36. The molecule has 1 N–H and O–H groups in total. The Bertz CT molecular complexity index is 972. The standard InChI is InChI=1S/C22H24Cl3N3O/c1-5-28-20-10-18(24)14(8-17(20)13(2)11-22(28,3)4)12-26-27-21(29)16-7-6-15(23)9-19(16)25/h6-10,12-13H,5,11H2,1-4H3,(H,27,29)/b26-12-. The molecule has 154 valence electrons. The van der Waals surface area contributed by atoms with Gasteiger partial charge < -0.3 is 4.90 Å². The number of nitrogens with zero attached hydrogens (tertiary/aromatic N) is 2.